The summed E-state index contributed by atoms with van der Waals surface area (Å²) in [5, 5.41) is 11.2. The number of anilines is 4. The summed E-state index contributed by atoms with van der Waals surface area (Å²) in [4.78, 5) is 13.7. The van der Waals surface area contributed by atoms with Crippen LogP contribution in [-0.4, -0.2) is 59.8 Å². The largest absolute Gasteiger partial charge is 0.383 e. The first-order chi connectivity index (χ1) is 13.0. The lowest BCUT2D eigenvalue weighted by Gasteiger charge is -2.35. The second-order valence-electron chi connectivity index (χ2n) is 5.91. The summed E-state index contributed by atoms with van der Waals surface area (Å²) in [6, 6.07) is 5.99. The van der Waals surface area contributed by atoms with Gasteiger partial charge in [0.2, 0.25) is 0 Å². The van der Waals surface area contributed by atoms with Gasteiger partial charge in [-0.3, -0.25) is 5.41 Å². The number of rotatable bonds is 4. The van der Waals surface area contributed by atoms with Gasteiger partial charge in [0.25, 0.3) is 0 Å². The number of piperazine rings is 1. The van der Waals surface area contributed by atoms with Gasteiger partial charge in [-0.05, 0) is 48.2 Å². The number of benzene rings is 1. The van der Waals surface area contributed by atoms with E-state index in [1.807, 2.05) is 12.1 Å². The molecule has 146 valence electrons. The van der Waals surface area contributed by atoms with Gasteiger partial charge in [-0.25, -0.2) is 9.97 Å². The van der Waals surface area contributed by atoms with E-state index in [1.54, 1.807) is 0 Å². The van der Waals surface area contributed by atoms with Crippen LogP contribution in [0.3, 0.4) is 0 Å². The molecule has 0 amide bonds. The molecular formula is C17H25BrN8S. The quantitative estimate of drug-likeness (QED) is 0.355. The molecule has 27 heavy (non-hydrogen) atoms. The van der Waals surface area contributed by atoms with E-state index in [9.17, 15) is 0 Å². The van der Waals surface area contributed by atoms with Crippen LogP contribution in [0.5, 0.6) is 0 Å². The standard InChI is InChI=1S/C16H20BrN7S.CH5N/c1-23-4-6-24(7-5-23)12-3-2-10(25)8-11(12)22-16-13(14(17)18)15(19)20-9-21-16;1-2/h2-3,8-9,18,25H,4-7H2,1H3,(H3,19,20,21,22);2H2,1H3. The molecule has 6 N–H and O–H groups in total. The van der Waals surface area contributed by atoms with Crippen LogP contribution in [-0.2, 0) is 0 Å². The summed E-state index contributed by atoms with van der Waals surface area (Å²) in [7, 11) is 3.63. The minimum absolute atomic E-state index is 0.135. The Bertz CT molecular complexity index is 792. The van der Waals surface area contributed by atoms with E-state index in [2.05, 4.69) is 72.5 Å². The molecule has 3 rings (SSSR count). The topological polar surface area (TPSA) is 120 Å². The Morgan fingerprint density at radius 2 is 1.89 bits per heavy atom. The maximum absolute atomic E-state index is 7.88. The molecule has 0 unspecified atom stereocenters. The van der Waals surface area contributed by atoms with Crippen LogP contribution in [0.1, 0.15) is 5.56 Å². The molecule has 1 aromatic heterocycles. The number of nitrogens with one attached hydrogen (secondary N) is 2. The van der Waals surface area contributed by atoms with E-state index in [-0.39, 0.29) is 10.4 Å². The highest BCUT2D eigenvalue weighted by Gasteiger charge is 2.19. The van der Waals surface area contributed by atoms with E-state index >= 15 is 0 Å². The molecule has 0 bridgehead atoms. The third-order valence-corrected chi connectivity index (χ3v) is 4.85. The van der Waals surface area contributed by atoms with E-state index in [0.29, 0.717) is 11.4 Å². The number of hydrogen-bond acceptors (Lipinski definition) is 9. The van der Waals surface area contributed by atoms with E-state index in [0.717, 1.165) is 42.4 Å². The normalized spacial score (nSPS) is 14.3. The summed E-state index contributed by atoms with van der Waals surface area (Å²) in [5.41, 5.74) is 12.8. The van der Waals surface area contributed by atoms with Crippen molar-refractivity contribution in [2.24, 2.45) is 5.73 Å². The van der Waals surface area contributed by atoms with E-state index < -0.39 is 0 Å². The Morgan fingerprint density at radius 3 is 2.52 bits per heavy atom. The maximum Gasteiger partial charge on any atom is 0.146 e. The van der Waals surface area contributed by atoms with Gasteiger partial charge in [0.15, 0.2) is 0 Å². The summed E-state index contributed by atoms with van der Waals surface area (Å²) in [6.45, 7) is 3.92. The first-order valence-electron chi connectivity index (χ1n) is 8.42. The van der Waals surface area contributed by atoms with Gasteiger partial charge in [-0.1, -0.05) is 0 Å². The van der Waals surface area contributed by atoms with Crippen molar-refractivity contribution < 1.29 is 0 Å². The van der Waals surface area contributed by atoms with Gasteiger partial charge >= 0.3 is 0 Å². The second kappa shape index (κ2) is 9.88. The molecule has 2 heterocycles. The number of aromatic nitrogens is 2. The first-order valence-corrected chi connectivity index (χ1v) is 9.66. The number of nitrogens with two attached hydrogens (primary N) is 2. The van der Waals surface area contributed by atoms with Gasteiger partial charge in [0.1, 0.15) is 22.6 Å². The minimum Gasteiger partial charge on any atom is -0.383 e. The fourth-order valence-corrected chi connectivity index (χ4v) is 3.38. The number of nitrogens with zero attached hydrogens (tertiary/aromatic N) is 4. The fraction of sp³-hybridized carbons (Fsp3) is 0.353. The summed E-state index contributed by atoms with van der Waals surface area (Å²) in [6.07, 6.45) is 1.39. The minimum atomic E-state index is 0.135. The Hall–Kier alpha value is -1.88. The Balaban J connectivity index is 0.00000126. The van der Waals surface area contributed by atoms with E-state index in [1.165, 1.54) is 13.4 Å². The lowest BCUT2D eigenvalue weighted by atomic mass is 10.2. The molecular weight excluding hydrogens is 428 g/mol. The van der Waals surface area contributed by atoms with Crippen molar-refractivity contribution in [1.82, 2.24) is 14.9 Å². The van der Waals surface area contributed by atoms with Gasteiger partial charge in [-0.2, -0.15) is 0 Å². The average molecular weight is 453 g/mol. The Kier molecular flexibility index (Phi) is 7.84. The molecule has 1 aliphatic rings. The highest BCUT2D eigenvalue weighted by Crippen LogP contribution is 2.33. The molecule has 1 saturated heterocycles. The highest BCUT2D eigenvalue weighted by atomic mass is 79.9. The predicted octanol–water partition coefficient (Wildman–Crippen LogP) is 2.14. The second-order valence-corrected chi connectivity index (χ2v) is 7.22. The van der Waals surface area contributed by atoms with Gasteiger partial charge in [-0.15, -0.1) is 12.6 Å². The fourth-order valence-electron chi connectivity index (χ4n) is 2.79. The number of halogens is 1. The molecule has 0 radical (unpaired) electrons. The zero-order valence-corrected chi connectivity index (χ0v) is 17.9. The highest BCUT2D eigenvalue weighted by molar-refractivity contribution is 9.18. The zero-order valence-electron chi connectivity index (χ0n) is 15.4. The van der Waals surface area contributed by atoms with Crippen LogP contribution in [0, 0.1) is 5.41 Å². The van der Waals surface area contributed by atoms with Crippen molar-refractivity contribution in [3.8, 4) is 0 Å². The summed E-state index contributed by atoms with van der Waals surface area (Å²) < 4.78 is 0.135. The Labute approximate surface area is 173 Å². The van der Waals surface area contributed by atoms with Gasteiger partial charge < -0.3 is 26.6 Å². The van der Waals surface area contributed by atoms with E-state index in [4.69, 9.17) is 11.1 Å². The molecule has 0 aliphatic carbocycles. The number of nitrogen functional groups attached to an aromatic ring is 1. The van der Waals surface area contributed by atoms with Crippen LogP contribution >= 0.6 is 28.6 Å². The third kappa shape index (κ3) is 5.32. The lowest BCUT2D eigenvalue weighted by molar-refractivity contribution is 0.313. The van der Waals surface area contributed by atoms with Crippen LogP contribution in [0.4, 0.5) is 23.0 Å². The van der Waals surface area contributed by atoms with Crippen molar-refractivity contribution in [2.45, 2.75) is 4.90 Å². The molecule has 1 aliphatic heterocycles. The number of hydrogen-bond donors (Lipinski definition) is 5. The molecule has 0 atom stereocenters. The number of thiol groups is 1. The number of likely N-dealkylation sites (N-methyl/N-ethyl adjacent to an activating group) is 1. The molecule has 0 saturated carbocycles. The summed E-state index contributed by atoms with van der Waals surface area (Å²) in [5.74, 6) is 0.742. The monoisotopic (exact) mass is 452 g/mol. The molecule has 0 spiro atoms. The molecule has 1 aromatic carbocycles. The van der Waals surface area contributed by atoms with Crippen molar-refractivity contribution in [1.29, 1.82) is 5.41 Å². The smallest absolute Gasteiger partial charge is 0.146 e. The van der Waals surface area contributed by atoms with Crippen molar-refractivity contribution in [3.63, 3.8) is 0 Å². The average Bonchev–Trinajstić information content (AvgIpc) is 2.64. The van der Waals surface area contributed by atoms with Crippen molar-refractivity contribution in [3.05, 3.63) is 30.1 Å². The third-order valence-electron chi connectivity index (χ3n) is 4.17. The first kappa shape index (κ1) is 21.4. The predicted molar refractivity (Wildman–Crippen MR) is 119 cm³/mol. The van der Waals surface area contributed by atoms with Crippen LogP contribution in [0.2, 0.25) is 0 Å². The summed E-state index contributed by atoms with van der Waals surface area (Å²) >= 11 is 7.62. The zero-order chi connectivity index (χ0) is 20.0. The van der Waals surface area contributed by atoms with Crippen LogP contribution in [0.25, 0.3) is 0 Å². The van der Waals surface area contributed by atoms with Crippen LogP contribution < -0.4 is 21.7 Å². The molecule has 1 fully saturated rings. The molecule has 8 nitrogen and oxygen atoms in total. The lowest BCUT2D eigenvalue weighted by Crippen LogP contribution is -2.44. The van der Waals surface area contributed by atoms with Crippen LogP contribution in [0.15, 0.2) is 29.4 Å². The molecule has 2 aromatic rings. The van der Waals surface area contributed by atoms with Crippen molar-refractivity contribution >= 4 is 56.2 Å². The van der Waals surface area contributed by atoms with Crippen molar-refractivity contribution in [2.75, 3.05) is 56.2 Å². The molecule has 10 heteroatoms. The van der Waals surface area contributed by atoms with Gasteiger partial charge in [0.05, 0.1) is 16.9 Å². The Morgan fingerprint density at radius 1 is 1.22 bits per heavy atom. The van der Waals surface area contributed by atoms with Gasteiger partial charge in [0, 0.05) is 31.1 Å². The SMILES string of the molecule is CN.CN1CCN(c2ccc(S)cc2Nc2ncnc(N)c2C(=N)Br)CC1. The maximum atomic E-state index is 7.88.